The highest BCUT2D eigenvalue weighted by Crippen LogP contribution is 2.22. The van der Waals surface area contributed by atoms with Gasteiger partial charge in [-0.05, 0) is 36.8 Å². The number of hydrogen-bond acceptors (Lipinski definition) is 7. The van der Waals surface area contributed by atoms with Crippen LogP contribution in [-0.4, -0.2) is 30.0 Å². The molecular weight excluding hydrogens is 397 g/mol. The normalized spacial score (nSPS) is 12.2. The molecule has 1 N–H and O–H groups in total. The molecule has 154 valence electrons. The molecule has 0 radical (unpaired) electrons. The smallest absolute Gasteiger partial charge is 0.231 e. The van der Waals surface area contributed by atoms with E-state index in [2.05, 4.69) is 30.8 Å². The van der Waals surface area contributed by atoms with Crippen molar-refractivity contribution in [3.63, 3.8) is 0 Å². The lowest BCUT2D eigenvalue weighted by Crippen LogP contribution is -2.11. The van der Waals surface area contributed by atoms with Gasteiger partial charge in [0.1, 0.15) is 11.6 Å². The van der Waals surface area contributed by atoms with Gasteiger partial charge < -0.3 is 9.84 Å². The molecule has 1 unspecified atom stereocenters. The molecule has 0 saturated heterocycles. The first kappa shape index (κ1) is 18.9. The van der Waals surface area contributed by atoms with Crippen LogP contribution in [-0.2, 0) is 6.42 Å². The lowest BCUT2D eigenvalue weighted by molar-refractivity contribution is 0.377. The van der Waals surface area contributed by atoms with Crippen LogP contribution in [0.2, 0.25) is 0 Å². The minimum Gasteiger partial charge on any atom is -0.359 e. The van der Waals surface area contributed by atoms with Crippen LogP contribution in [0.25, 0.3) is 17.0 Å². The largest absolute Gasteiger partial charge is 0.359 e. The van der Waals surface area contributed by atoms with E-state index in [1.807, 2.05) is 37.3 Å². The number of benzene rings is 2. The second-order valence-corrected chi connectivity index (χ2v) is 7.07. The molecule has 3 aromatic heterocycles. The maximum absolute atomic E-state index is 14.2. The lowest BCUT2D eigenvalue weighted by atomic mass is 10.1. The molecule has 0 spiro atoms. The zero-order valence-corrected chi connectivity index (χ0v) is 16.6. The number of nitrogens with one attached hydrogen (secondary N) is 1. The second-order valence-electron chi connectivity index (χ2n) is 7.07. The zero-order chi connectivity index (χ0) is 21.2. The van der Waals surface area contributed by atoms with Crippen LogP contribution in [0.15, 0.2) is 71.3 Å². The number of anilines is 1. The highest BCUT2D eigenvalue weighted by molar-refractivity contribution is 5.60. The predicted molar refractivity (Wildman–Crippen MR) is 112 cm³/mol. The van der Waals surface area contributed by atoms with Gasteiger partial charge in [-0.3, -0.25) is 0 Å². The molecule has 0 aliphatic carbocycles. The Hall–Kier alpha value is -4.14. The summed E-state index contributed by atoms with van der Waals surface area (Å²) in [6.07, 6.45) is 0.567. The molecule has 5 rings (SSSR count). The van der Waals surface area contributed by atoms with Gasteiger partial charge in [0.05, 0.1) is 18.0 Å². The van der Waals surface area contributed by atoms with Crippen molar-refractivity contribution in [2.24, 2.45) is 0 Å². The highest BCUT2D eigenvalue weighted by atomic mass is 19.1. The third kappa shape index (κ3) is 3.85. The molecule has 0 amide bonds. The van der Waals surface area contributed by atoms with Gasteiger partial charge in [0.25, 0.3) is 0 Å². The van der Waals surface area contributed by atoms with Gasteiger partial charge in [0.15, 0.2) is 17.3 Å². The van der Waals surface area contributed by atoms with E-state index in [1.165, 1.54) is 10.6 Å². The minimum atomic E-state index is -0.386. The first-order valence-corrected chi connectivity index (χ1v) is 9.78. The number of hydrogen-bond donors (Lipinski definition) is 1. The van der Waals surface area contributed by atoms with Gasteiger partial charge in [-0.2, -0.15) is 9.50 Å². The Morgan fingerprint density at radius 3 is 2.65 bits per heavy atom. The molecule has 31 heavy (non-hydrogen) atoms. The number of aromatic nitrogens is 6. The SMILES string of the molecule is CC(Nc1ccc2nnc(-c3ccccc3F)n2n1)c1noc(Cc2ccccc2)n1. The Bertz CT molecular complexity index is 1330. The molecule has 0 saturated carbocycles. The standard InChI is InChI=1S/C22H18FN7O/c1-14(21-25-20(31-29-21)13-15-7-3-2-4-8-15)24-18-11-12-19-26-27-22(30(19)28-18)16-9-5-6-10-17(16)23/h2-12,14H,13H2,1H3,(H,24,28). The summed E-state index contributed by atoms with van der Waals surface area (Å²) in [7, 11) is 0. The molecule has 0 aliphatic rings. The van der Waals surface area contributed by atoms with Crippen LogP contribution in [0.1, 0.15) is 30.2 Å². The van der Waals surface area contributed by atoms with Crippen LogP contribution < -0.4 is 5.32 Å². The first-order valence-electron chi connectivity index (χ1n) is 9.78. The fourth-order valence-electron chi connectivity index (χ4n) is 3.25. The summed E-state index contributed by atoms with van der Waals surface area (Å²) in [5.41, 5.74) is 1.94. The summed E-state index contributed by atoms with van der Waals surface area (Å²) in [4.78, 5) is 4.48. The maximum atomic E-state index is 14.2. The van der Waals surface area contributed by atoms with E-state index in [4.69, 9.17) is 4.52 Å². The van der Waals surface area contributed by atoms with Crippen molar-refractivity contribution in [2.75, 3.05) is 5.32 Å². The predicted octanol–water partition coefficient (Wildman–Crippen LogP) is 4.08. The fourth-order valence-corrected chi connectivity index (χ4v) is 3.25. The summed E-state index contributed by atoms with van der Waals surface area (Å²) < 4.78 is 21.1. The quantitative estimate of drug-likeness (QED) is 0.447. The molecule has 3 heterocycles. The Balaban J connectivity index is 1.37. The molecule has 0 aliphatic heterocycles. The molecule has 2 aromatic carbocycles. The van der Waals surface area contributed by atoms with Crippen molar-refractivity contribution in [3.8, 4) is 11.4 Å². The van der Waals surface area contributed by atoms with E-state index in [0.717, 1.165) is 5.56 Å². The Kier molecular flexibility index (Phi) is 4.83. The van der Waals surface area contributed by atoms with Crippen molar-refractivity contribution >= 4 is 11.5 Å². The molecule has 0 fully saturated rings. The van der Waals surface area contributed by atoms with Crippen molar-refractivity contribution in [1.29, 1.82) is 0 Å². The molecule has 5 aromatic rings. The Morgan fingerprint density at radius 1 is 1.00 bits per heavy atom. The molecule has 9 heteroatoms. The zero-order valence-electron chi connectivity index (χ0n) is 16.6. The summed E-state index contributed by atoms with van der Waals surface area (Å²) in [5.74, 6) is 1.55. The Morgan fingerprint density at radius 2 is 1.81 bits per heavy atom. The summed E-state index contributed by atoms with van der Waals surface area (Å²) >= 11 is 0. The molecule has 8 nitrogen and oxygen atoms in total. The summed E-state index contributed by atoms with van der Waals surface area (Å²) in [5, 5.41) is 20.0. The van der Waals surface area contributed by atoms with Gasteiger partial charge >= 0.3 is 0 Å². The van der Waals surface area contributed by atoms with E-state index >= 15 is 0 Å². The van der Waals surface area contributed by atoms with Gasteiger partial charge in [-0.1, -0.05) is 47.6 Å². The average molecular weight is 415 g/mol. The highest BCUT2D eigenvalue weighted by Gasteiger charge is 2.17. The third-order valence-corrected chi connectivity index (χ3v) is 4.81. The van der Waals surface area contributed by atoms with Crippen LogP contribution in [0.5, 0.6) is 0 Å². The average Bonchev–Trinajstić information content (AvgIpc) is 3.42. The van der Waals surface area contributed by atoms with Crippen LogP contribution in [0, 0.1) is 5.82 Å². The number of nitrogens with zero attached hydrogens (tertiary/aromatic N) is 6. The Labute approximate surface area is 176 Å². The molecule has 0 bridgehead atoms. The number of halogens is 1. The van der Waals surface area contributed by atoms with Crippen LogP contribution >= 0.6 is 0 Å². The van der Waals surface area contributed by atoms with Gasteiger partial charge in [0.2, 0.25) is 5.89 Å². The topological polar surface area (TPSA) is 94.0 Å². The molecular formula is C22H18FN7O. The van der Waals surface area contributed by atoms with Crippen LogP contribution in [0.4, 0.5) is 10.2 Å². The summed E-state index contributed by atoms with van der Waals surface area (Å²) in [6, 6.07) is 19.6. The van der Waals surface area contributed by atoms with E-state index < -0.39 is 0 Å². The van der Waals surface area contributed by atoms with Crippen molar-refractivity contribution in [2.45, 2.75) is 19.4 Å². The first-order chi connectivity index (χ1) is 15.2. The van der Waals surface area contributed by atoms with E-state index in [0.29, 0.717) is 41.0 Å². The van der Waals surface area contributed by atoms with Crippen LogP contribution in [0.3, 0.4) is 0 Å². The fraction of sp³-hybridized carbons (Fsp3) is 0.136. The number of rotatable bonds is 6. The van der Waals surface area contributed by atoms with Gasteiger partial charge in [-0.15, -0.1) is 15.3 Å². The second kappa shape index (κ2) is 7.94. The van der Waals surface area contributed by atoms with Crippen molar-refractivity contribution < 1.29 is 8.91 Å². The summed E-state index contributed by atoms with van der Waals surface area (Å²) in [6.45, 7) is 1.91. The third-order valence-electron chi connectivity index (χ3n) is 4.81. The molecule has 1 atom stereocenters. The van der Waals surface area contributed by atoms with Gasteiger partial charge in [-0.25, -0.2) is 4.39 Å². The van der Waals surface area contributed by atoms with E-state index in [-0.39, 0.29) is 11.9 Å². The minimum absolute atomic E-state index is 0.258. The maximum Gasteiger partial charge on any atom is 0.231 e. The van der Waals surface area contributed by atoms with Gasteiger partial charge in [0, 0.05) is 0 Å². The van der Waals surface area contributed by atoms with E-state index in [9.17, 15) is 4.39 Å². The number of fused-ring (bicyclic) bond motifs is 1. The van der Waals surface area contributed by atoms with Crippen molar-refractivity contribution in [1.82, 2.24) is 30.0 Å². The monoisotopic (exact) mass is 415 g/mol. The lowest BCUT2D eigenvalue weighted by Gasteiger charge is -2.10. The van der Waals surface area contributed by atoms with Crippen molar-refractivity contribution in [3.05, 3.63) is 89.8 Å². The van der Waals surface area contributed by atoms with E-state index in [1.54, 1.807) is 30.3 Å².